The van der Waals surface area contributed by atoms with Crippen LogP contribution in [-0.4, -0.2) is 42.9 Å². The molecule has 21 heavy (non-hydrogen) atoms. The molecule has 2 amide bonds. The molecule has 114 valence electrons. The minimum absolute atomic E-state index is 0.0813. The van der Waals surface area contributed by atoms with Crippen LogP contribution in [0, 0.1) is 6.92 Å². The predicted octanol–water partition coefficient (Wildman–Crippen LogP) is 1.54. The molecule has 0 unspecified atom stereocenters. The van der Waals surface area contributed by atoms with Crippen LogP contribution in [-0.2, 0) is 9.59 Å². The highest BCUT2D eigenvalue weighted by molar-refractivity contribution is 5.92. The molecule has 0 aliphatic carbocycles. The van der Waals surface area contributed by atoms with Crippen molar-refractivity contribution in [3.05, 3.63) is 29.8 Å². The summed E-state index contributed by atoms with van der Waals surface area (Å²) in [6, 6.07) is 7.63. The molecule has 0 bridgehead atoms. The Bertz CT molecular complexity index is 479. The van der Waals surface area contributed by atoms with Gasteiger partial charge in [-0.25, -0.2) is 0 Å². The Kier molecular flexibility index (Phi) is 5.75. The van der Waals surface area contributed by atoms with Crippen molar-refractivity contribution in [3.63, 3.8) is 0 Å². The molecule has 1 aliphatic heterocycles. The van der Waals surface area contributed by atoms with Gasteiger partial charge < -0.3 is 10.2 Å². The van der Waals surface area contributed by atoms with Crippen LogP contribution in [0.1, 0.15) is 24.8 Å². The number of likely N-dealkylation sites (tertiary alicyclic amines) is 1. The second-order valence-corrected chi connectivity index (χ2v) is 5.46. The largest absolute Gasteiger partial charge is 0.342 e. The van der Waals surface area contributed by atoms with Gasteiger partial charge in [0.1, 0.15) is 0 Å². The zero-order valence-electron chi connectivity index (χ0n) is 12.5. The van der Waals surface area contributed by atoms with Crippen LogP contribution in [0.2, 0.25) is 0 Å². The van der Waals surface area contributed by atoms with E-state index in [2.05, 4.69) is 10.6 Å². The van der Waals surface area contributed by atoms with E-state index >= 15 is 0 Å². The highest BCUT2D eigenvalue weighted by atomic mass is 16.2. The number of benzene rings is 1. The lowest BCUT2D eigenvalue weighted by atomic mass is 10.1. The molecule has 1 aliphatic rings. The van der Waals surface area contributed by atoms with E-state index in [1.807, 2.05) is 36.1 Å². The van der Waals surface area contributed by atoms with E-state index in [0.29, 0.717) is 0 Å². The zero-order chi connectivity index (χ0) is 15.1. The lowest BCUT2D eigenvalue weighted by molar-refractivity contribution is -0.131. The summed E-state index contributed by atoms with van der Waals surface area (Å²) in [5.41, 5.74) is 1.92. The molecule has 5 heteroatoms. The maximum Gasteiger partial charge on any atom is 0.238 e. The number of anilines is 1. The van der Waals surface area contributed by atoms with E-state index in [-0.39, 0.29) is 24.9 Å². The van der Waals surface area contributed by atoms with Crippen molar-refractivity contribution >= 4 is 17.5 Å². The molecule has 5 nitrogen and oxygen atoms in total. The van der Waals surface area contributed by atoms with Crippen molar-refractivity contribution in [2.75, 3.05) is 31.5 Å². The summed E-state index contributed by atoms with van der Waals surface area (Å²) in [7, 11) is 0. The second kappa shape index (κ2) is 7.78. The molecule has 2 N–H and O–H groups in total. The molecule has 0 saturated carbocycles. The van der Waals surface area contributed by atoms with Gasteiger partial charge in [0.25, 0.3) is 0 Å². The predicted molar refractivity (Wildman–Crippen MR) is 83.1 cm³/mol. The number of aryl methyl sites for hydroxylation is 1. The van der Waals surface area contributed by atoms with Crippen LogP contribution < -0.4 is 10.6 Å². The number of hydrogen-bond acceptors (Lipinski definition) is 3. The minimum Gasteiger partial charge on any atom is -0.342 e. The topological polar surface area (TPSA) is 61.4 Å². The third-order valence-electron chi connectivity index (χ3n) is 3.61. The van der Waals surface area contributed by atoms with Gasteiger partial charge in [-0.05, 0) is 38.3 Å². The quantitative estimate of drug-likeness (QED) is 0.864. The standard InChI is InChI=1S/C16H23N3O2/c1-13-5-7-14(8-6-13)18-15(20)11-17-12-16(21)19-9-3-2-4-10-19/h5-8,17H,2-4,9-12H2,1H3,(H,18,20). The average molecular weight is 289 g/mol. The van der Waals surface area contributed by atoms with Crippen molar-refractivity contribution < 1.29 is 9.59 Å². The van der Waals surface area contributed by atoms with Crippen molar-refractivity contribution in [3.8, 4) is 0 Å². The van der Waals surface area contributed by atoms with E-state index in [1.54, 1.807) is 0 Å². The molecule has 1 saturated heterocycles. The van der Waals surface area contributed by atoms with E-state index in [9.17, 15) is 9.59 Å². The summed E-state index contributed by atoms with van der Waals surface area (Å²) in [5, 5.41) is 5.71. The van der Waals surface area contributed by atoms with Gasteiger partial charge in [-0.15, -0.1) is 0 Å². The van der Waals surface area contributed by atoms with Gasteiger partial charge in [-0.1, -0.05) is 17.7 Å². The van der Waals surface area contributed by atoms with Gasteiger partial charge in [0.2, 0.25) is 11.8 Å². The lowest BCUT2D eigenvalue weighted by Gasteiger charge is -2.26. The molecule has 1 aromatic carbocycles. The van der Waals surface area contributed by atoms with Crippen LogP contribution in [0.5, 0.6) is 0 Å². The van der Waals surface area contributed by atoms with Crippen molar-refractivity contribution in [1.82, 2.24) is 10.2 Å². The summed E-state index contributed by atoms with van der Waals surface area (Å²) >= 11 is 0. The molecular weight excluding hydrogens is 266 g/mol. The summed E-state index contributed by atoms with van der Waals surface area (Å²) in [6.07, 6.45) is 3.37. The van der Waals surface area contributed by atoms with Crippen LogP contribution >= 0.6 is 0 Å². The number of carbonyl (C=O) groups is 2. The van der Waals surface area contributed by atoms with Gasteiger partial charge in [0.15, 0.2) is 0 Å². The molecule has 0 atom stereocenters. The highest BCUT2D eigenvalue weighted by Gasteiger charge is 2.15. The van der Waals surface area contributed by atoms with Crippen LogP contribution in [0.15, 0.2) is 24.3 Å². The van der Waals surface area contributed by atoms with E-state index in [0.717, 1.165) is 37.2 Å². The second-order valence-electron chi connectivity index (χ2n) is 5.46. The lowest BCUT2D eigenvalue weighted by Crippen LogP contribution is -2.42. The first-order valence-corrected chi connectivity index (χ1v) is 7.50. The molecule has 0 aromatic heterocycles. The molecule has 0 spiro atoms. The SMILES string of the molecule is Cc1ccc(NC(=O)CNCC(=O)N2CCCCC2)cc1. The van der Waals surface area contributed by atoms with E-state index in [1.165, 1.54) is 6.42 Å². The summed E-state index contributed by atoms with van der Waals surface area (Å²) in [4.78, 5) is 25.5. The number of hydrogen-bond donors (Lipinski definition) is 2. The fourth-order valence-electron chi connectivity index (χ4n) is 2.38. The van der Waals surface area contributed by atoms with E-state index in [4.69, 9.17) is 0 Å². The normalized spacial score (nSPS) is 14.8. The third kappa shape index (κ3) is 5.19. The number of carbonyl (C=O) groups excluding carboxylic acids is 2. The third-order valence-corrected chi connectivity index (χ3v) is 3.61. The van der Waals surface area contributed by atoms with Crippen molar-refractivity contribution in [2.45, 2.75) is 26.2 Å². The Hall–Kier alpha value is -1.88. The molecular formula is C16H23N3O2. The first-order chi connectivity index (χ1) is 10.1. The maximum absolute atomic E-state index is 11.9. The molecule has 1 aromatic rings. The number of nitrogens with one attached hydrogen (secondary N) is 2. The van der Waals surface area contributed by atoms with Crippen LogP contribution in [0.25, 0.3) is 0 Å². The highest BCUT2D eigenvalue weighted by Crippen LogP contribution is 2.09. The Morgan fingerprint density at radius 1 is 1.05 bits per heavy atom. The van der Waals surface area contributed by atoms with Crippen LogP contribution in [0.3, 0.4) is 0 Å². The monoisotopic (exact) mass is 289 g/mol. The van der Waals surface area contributed by atoms with Gasteiger partial charge >= 0.3 is 0 Å². The fourth-order valence-corrected chi connectivity index (χ4v) is 2.38. The summed E-state index contributed by atoms with van der Waals surface area (Å²) in [6.45, 7) is 4.06. The van der Waals surface area contributed by atoms with Crippen LogP contribution in [0.4, 0.5) is 5.69 Å². The van der Waals surface area contributed by atoms with Gasteiger partial charge in [-0.3, -0.25) is 14.9 Å². The van der Waals surface area contributed by atoms with Crippen molar-refractivity contribution in [2.24, 2.45) is 0 Å². The first-order valence-electron chi connectivity index (χ1n) is 7.50. The number of nitrogens with zero attached hydrogens (tertiary/aromatic N) is 1. The van der Waals surface area contributed by atoms with Gasteiger partial charge in [-0.2, -0.15) is 0 Å². The zero-order valence-corrected chi connectivity index (χ0v) is 12.5. The minimum atomic E-state index is -0.134. The summed E-state index contributed by atoms with van der Waals surface area (Å²) < 4.78 is 0. The number of rotatable bonds is 5. The molecule has 2 rings (SSSR count). The number of piperidine rings is 1. The molecule has 0 radical (unpaired) electrons. The molecule has 1 heterocycles. The smallest absolute Gasteiger partial charge is 0.238 e. The van der Waals surface area contributed by atoms with E-state index < -0.39 is 0 Å². The van der Waals surface area contributed by atoms with Gasteiger partial charge in [0, 0.05) is 18.8 Å². The van der Waals surface area contributed by atoms with Gasteiger partial charge in [0.05, 0.1) is 13.1 Å². The maximum atomic E-state index is 11.9. The Morgan fingerprint density at radius 2 is 1.71 bits per heavy atom. The number of amides is 2. The fraction of sp³-hybridized carbons (Fsp3) is 0.500. The summed E-state index contributed by atoms with van der Waals surface area (Å²) in [5.74, 6) is -0.0527. The Labute approximate surface area is 125 Å². The van der Waals surface area contributed by atoms with Crippen molar-refractivity contribution in [1.29, 1.82) is 0 Å². The molecule has 1 fully saturated rings. The average Bonchev–Trinajstić information content (AvgIpc) is 2.50. The Morgan fingerprint density at radius 3 is 2.38 bits per heavy atom. The first kappa shape index (κ1) is 15.5. The Balaban J connectivity index is 1.66.